The van der Waals surface area contributed by atoms with Crippen LogP contribution < -0.4 is 19.1 Å². The van der Waals surface area contributed by atoms with E-state index in [2.05, 4.69) is 79.4 Å². The Labute approximate surface area is 300 Å². The molecule has 0 saturated carbocycles. The van der Waals surface area contributed by atoms with Crippen LogP contribution in [0, 0.1) is 0 Å². The number of rotatable bonds is 11. The van der Waals surface area contributed by atoms with Crippen molar-refractivity contribution >= 4 is 29.1 Å². The highest BCUT2D eigenvalue weighted by molar-refractivity contribution is 5.91. The number of esters is 1. The van der Waals surface area contributed by atoms with E-state index in [1.165, 1.54) is 30.5 Å². The van der Waals surface area contributed by atoms with Crippen molar-refractivity contribution in [2.75, 3.05) is 18.6 Å². The summed E-state index contributed by atoms with van der Waals surface area (Å²) in [6, 6.07) is 36.8. The van der Waals surface area contributed by atoms with E-state index in [9.17, 15) is 4.79 Å². The molecule has 0 bridgehead atoms. The molecular weight excluding hydrogens is 635 g/mol. The second kappa shape index (κ2) is 14.3. The van der Waals surface area contributed by atoms with Crippen LogP contribution in [-0.2, 0) is 5.41 Å². The number of unbranched alkanes of at least 4 members (excludes halogenated alkanes) is 3. The molecule has 0 fully saturated rings. The van der Waals surface area contributed by atoms with Gasteiger partial charge in [-0.25, -0.2) is 4.79 Å². The van der Waals surface area contributed by atoms with E-state index in [4.69, 9.17) is 14.2 Å². The molecule has 0 N–H and O–H groups in total. The van der Waals surface area contributed by atoms with Crippen molar-refractivity contribution in [1.29, 1.82) is 0 Å². The third-order valence-corrected chi connectivity index (χ3v) is 9.98. The highest BCUT2D eigenvalue weighted by Gasteiger charge is 2.57. The largest absolute Gasteiger partial charge is 0.494 e. The molecule has 2 aliphatic heterocycles. The van der Waals surface area contributed by atoms with Crippen LogP contribution in [0.2, 0.25) is 0 Å². The Bertz CT molecular complexity index is 2070. The molecule has 0 aliphatic carbocycles. The number of carbonyl (C=O) groups excluding carboxylic acids is 1. The zero-order chi connectivity index (χ0) is 35.4. The first-order chi connectivity index (χ1) is 24.8. The Morgan fingerprint density at radius 2 is 1.43 bits per heavy atom. The van der Waals surface area contributed by atoms with E-state index in [0.717, 1.165) is 41.2 Å². The number of carbonyl (C=O) groups is 1. The number of hydrogen-bond donors (Lipinski definition) is 0. The molecule has 51 heavy (non-hydrogen) atoms. The number of benzene rings is 5. The summed E-state index contributed by atoms with van der Waals surface area (Å²) in [7, 11) is 2.08. The molecule has 7 rings (SSSR count). The first kappa shape index (κ1) is 33.8. The number of fused-ring (bicyclic) bond motifs is 2. The van der Waals surface area contributed by atoms with Crippen LogP contribution in [0.4, 0.5) is 17.1 Å². The van der Waals surface area contributed by atoms with E-state index in [0.29, 0.717) is 22.7 Å². The second-order valence-electron chi connectivity index (χ2n) is 13.6. The number of azo groups is 1. The molecule has 1 unspecified atom stereocenters. The molecule has 2 aliphatic rings. The fourth-order valence-corrected chi connectivity index (χ4v) is 6.95. The normalized spacial score (nSPS) is 16.9. The Morgan fingerprint density at radius 3 is 2.14 bits per heavy atom. The van der Waals surface area contributed by atoms with Crippen molar-refractivity contribution in [3.05, 3.63) is 138 Å². The van der Waals surface area contributed by atoms with Crippen LogP contribution in [-0.4, -0.2) is 25.3 Å². The maximum Gasteiger partial charge on any atom is 0.343 e. The van der Waals surface area contributed by atoms with Gasteiger partial charge in [-0.1, -0.05) is 68.7 Å². The van der Waals surface area contributed by atoms with Gasteiger partial charge in [-0.15, -0.1) is 0 Å². The Balaban J connectivity index is 0.941. The SMILES string of the molecule is CCCCCCOc1ccc(-c2ccc(OC(=O)c3ccc(N=Nc4ccc5c(c4)C=CC4(O5)N(C)c5ccccc5C4(C)C)cc3)cc2)cc1. The highest BCUT2D eigenvalue weighted by Crippen LogP contribution is 2.54. The monoisotopic (exact) mass is 677 g/mol. The van der Waals surface area contributed by atoms with Crippen LogP contribution in [0.25, 0.3) is 17.2 Å². The third-order valence-electron chi connectivity index (χ3n) is 9.98. The molecule has 5 aromatic carbocycles. The quantitative estimate of drug-likeness (QED) is 0.0602. The van der Waals surface area contributed by atoms with E-state index in [-0.39, 0.29) is 5.41 Å². The molecule has 2 heterocycles. The van der Waals surface area contributed by atoms with Gasteiger partial charge < -0.3 is 19.1 Å². The summed E-state index contributed by atoms with van der Waals surface area (Å²) in [6.07, 6.45) is 8.99. The van der Waals surface area contributed by atoms with E-state index in [1.54, 1.807) is 36.4 Å². The minimum absolute atomic E-state index is 0.259. The lowest BCUT2D eigenvalue weighted by molar-refractivity contribution is 0.0582. The molecule has 0 amide bonds. The summed E-state index contributed by atoms with van der Waals surface area (Å²) < 4.78 is 18.3. The van der Waals surface area contributed by atoms with Crippen molar-refractivity contribution in [3.63, 3.8) is 0 Å². The van der Waals surface area contributed by atoms with Gasteiger partial charge in [-0.05, 0) is 122 Å². The smallest absolute Gasteiger partial charge is 0.343 e. The molecule has 7 nitrogen and oxygen atoms in total. The van der Waals surface area contributed by atoms with Crippen LogP contribution in [0.15, 0.2) is 132 Å². The summed E-state index contributed by atoms with van der Waals surface area (Å²) in [5.41, 5.74) is 6.34. The highest BCUT2D eigenvalue weighted by atomic mass is 16.5. The number of para-hydroxylation sites is 1. The van der Waals surface area contributed by atoms with Gasteiger partial charge in [0.15, 0.2) is 0 Å². The zero-order valence-electron chi connectivity index (χ0n) is 29.6. The van der Waals surface area contributed by atoms with Crippen molar-refractivity contribution in [2.45, 2.75) is 57.6 Å². The van der Waals surface area contributed by atoms with E-state index in [1.807, 2.05) is 54.6 Å². The summed E-state index contributed by atoms with van der Waals surface area (Å²) >= 11 is 0. The molecule has 5 aromatic rings. The van der Waals surface area contributed by atoms with Gasteiger partial charge in [-0.3, -0.25) is 0 Å². The summed E-state index contributed by atoms with van der Waals surface area (Å²) in [5.74, 6) is 1.71. The summed E-state index contributed by atoms with van der Waals surface area (Å²) in [6.45, 7) is 7.40. The van der Waals surface area contributed by atoms with Crippen molar-refractivity contribution < 1.29 is 19.0 Å². The average Bonchev–Trinajstić information content (AvgIpc) is 3.32. The maximum atomic E-state index is 12.9. The minimum atomic E-state index is -0.630. The van der Waals surface area contributed by atoms with Gasteiger partial charge in [-0.2, -0.15) is 10.2 Å². The molecule has 1 atom stereocenters. The van der Waals surface area contributed by atoms with Gasteiger partial charge in [0.05, 0.1) is 29.0 Å². The standard InChI is InChI=1S/C44H43N3O4/c1-5-6-7-10-29-49-37-22-15-31(16-23-37)32-17-24-38(25-18-32)50-42(48)33-13-19-35(20-14-33)45-46-36-21-26-41-34(30-36)27-28-44(51-41)43(2,3)39-11-8-9-12-40(39)47(44)4/h8-9,11-28,30H,5-7,10,29H2,1-4H3. The fraction of sp³-hybridized carbons (Fsp3) is 0.250. The second-order valence-corrected chi connectivity index (χ2v) is 13.6. The topological polar surface area (TPSA) is 72.7 Å². The number of anilines is 1. The maximum absolute atomic E-state index is 12.9. The van der Waals surface area contributed by atoms with Gasteiger partial charge in [0.2, 0.25) is 5.72 Å². The van der Waals surface area contributed by atoms with E-state index < -0.39 is 11.7 Å². The zero-order valence-corrected chi connectivity index (χ0v) is 29.6. The predicted molar refractivity (Wildman–Crippen MR) is 204 cm³/mol. The summed E-state index contributed by atoms with van der Waals surface area (Å²) in [4.78, 5) is 15.1. The molecule has 0 saturated heterocycles. The van der Waals surface area contributed by atoms with Gasteiger partial charge in [0, 0.05) is 18.3 Å². The Kier molecular flexibility index (Phi) is 9.46. The lowest BCUT2D eigenvalue weighted by Crippen LogP contribution is -2.58. The minimum Gasteiger partial charge on any atom is -0.494 e. The van der Waals surface area contributed by atoms with Crippen LogP contribution in [0.5, 0.6) is 17.2 Å². The van der Waals surface area contributed by atoms with Crippen LogP contribution in [0.1, 0.15) is 67.9 Å². The Morgan fingerprint density at radius 1 is 0.765 bits per heavy atom. The molecule has 1 spiro atoms. The molecular formula is C44H43N3O4. The van der Waals surface area contributed by atoms with Gasteiger partial charge >= 0.3 is 5.97 Å². The molecule has 7 heteroatoms. The molecule has 258 valence electrons. The third kappa shape index (κ3) is 6.76. The fourth-order valence-electron chi connectivity index (χ4n) is 6.95. The van der Waals surface area contributed by atoms with Crippen molar-refractivity contribution in [3.8, 4) is 28.4 Å². The number of ether oxygens (including phenoxy) is 3. The predicted octanol–water partition coefficient (Wildman–Crippen LogP) is 11.5. The van der Waals surface area contributed by atoms with Crippen molar-refractivity contribution in [2.24, 2.45) is 10.2 Å². The molecule has 0 aromatic heterocycles. The Hall–Kier alpha value is -5.69. The first-order valence-electron chi connectivity index (χ1n) is 17.7. The van der Waals surface area contributed by atoms with Crippen LogP contribution >= 0.6 is 0 Å². The van der Waals surface area contributed by atoms with Crippen LogP contribution in [0.3, 0.4) is 0 Å². The number of nitrogens with zero attached hydrogens (tertiary/aromatic N) is 3. The van der Waals surface area contributed by atoms with Gasteiger partial charge in [0.25, 0.3) is 0 Å². The van der Waals surface area contributed by atoms with Crippen molar-refractivity contribution in [1.82, 2.24) is 0 Å². The summed E-state index contributed by atoms with van der Waals surface area (Å²) in [5, 5.41) is 8.86. The van der Waals surface area contributed by atoms with E-state index >= 15 is 0 Å². The van der Waals surface area contributed by atoms with Gasteiger partial charge in [0.1, 0.15) is 17.2 Å². The first-order valence-corrected chi connectivity index (χ1v) is 17.7. The average molecular weight is 678 g/mol. The number of likely N-dealkylation sites (N-methyl/N-ethyl adjacent to an activating group) is 1. The lowest BCUT2D eigenvalue weighted by atomic mass is 9.76. The molecule has 0 radical (unpaired) electrons. The number of hydrogen-bond acceptors (Lipinski definition) is 7. The lowest BCUT2D eigenvalue weighted by Gasteiger charge is -2.45.